The van der Waals surface area contributed by atoms with Crippen molar-refractivity contribution in [3.8, 4) is 0 Å². The second-order valence-corrected chi connectivity index (χ2v) is 5.69. The van der Waals surface area contributed by atoms with E-state index in [4.69, 9.17) is 0 Å². The Labute approximate surface area is 133 Å². The van der Waals surface area contributed by atoms with E-state index in [0.29, 0.717) is 5.56 Å². The van der Waals surface area contributed by atoms with Crippen LogP contribution in [-0.2, 0) is 21.7 Å². The molecule has 2 atom stereocenters. The smallest absolute Gasteiger partial charge is 0.312 e. The van der Waals surface area contributed by atoms with Gasteiger partial charge in [-0.2, -0.15) is 0 Å². The lowest BCUT2D eigenvalue weighted by molar-refractivity contribution is -0.157. The van der Waals surface area contributed by atoms with Crippen LogP contribution in [0.4, 0.5) is 0 Å². The van der Waals surface area contributed by atoms with Crippen molar-refractivity contribution < 1.29 is 19.8 Å². The number of aliphatic hydroxyl groups is 1. The predicted octanol–water partition coefficient (Wildman–Crippen LogP) is 1.62. The van der Waals surface area contributed by atoms with Crippen LogP contribution in [0.25, 0.3) is 0 Å². The number of amides is 1. The second kappa shape index (κ2) is 5.85. The topological polar surface area (TPSA) is 77.8 Å². The van der Waals surface area contributed by atoms with Crippen LogP contribution < -0.4 is 0 Å². The Morgan fingerprint density at radius 1 is 1.09 bits per heavy atom. The highest BCUT2D eigenvalue weighted by atomic mass is 16.4. The normalized spacial score (nSPS) is 24.0. The molecule has 5 heteroatoms. The van der Waals surface area contributed by atoms with Crippen molar-refractivity contribution in [1.82, 2.24) is 4.90 Å². The number of rotatable bonds is 4. The Kier molecular flexibility index (Phi) is 3.88. The van der Waals surface area contributed by atoms with E-state index in [1.165, 1.54) is 4.90 Å². The summed E-state index contributed by atoms with van der Waals surface area (Å²) in [5.41, 5.74) is -0.822. The van der Waals surface area contributed by atoms with Gasteiger partial charge in [0.15, 0.2) is 5.60 Å². The van der Waals surface area contributed by atoms with Gasteiger partial charge in [-0.3, -0.25) is 9.59 Å². The summed E-state index contributed by atoms with van der Waals surface area (Å²) in [5, 5.41) is 20.4. The molecule has 1 saturated heterocycles. The largest absolute Gasteiger partial charge is 0.481 e. The number of carboxylic acids is 1. The number of nitrogens with zero attached hydrogens (tertiary/aromatic N) is 1. The standard InChI is InChI=1S/C18H17NO4/c20-16(21)15-12-19(11-13-7-3-1-4-8-13)17(22)18(15,23)14-9-5-2-6-10-14/h1-10,15,23H,11-12H2,(H,20,21)/t15-,18+/m1/s1. The first-order valence-electron chi connectivity index (χ1n) is 7.37. The van der Waals surface area contributed by atoms with Gasteiger partial charge in [0.2, 0.25) is 0 Å². The van der Waals surface area contributed by atoms with Gasteiger partial charge in [-0.1, -0.05) is 60.7 Å². The van der Waals surface area contributed by atoms with E-state index in [9.17, 15) is 19.8 Å². The van der Waals surface area contributed by atoms with Crippen LogP contribution in [0.2, 0.25) is 0 Å². The zero-order valence-corrected chi connectivity index (χ0v) is 12.4. The Balaban J connectivity index is 1.95. The van der Waals surface area contributed by atoms with E-state index in [1.54, 1.807) is 30.3 Å². The Bertz CT molecular complexity index is 716. The van der Waals surface area contributed by atoms with Crippen molar-refractivity contribution in [2.24, 2.45) is 5.92 Å². The van der Waals surface area contributed by atoms with E-state index < -0.39 is 23.4 Å². The third-order valence-electron chi connectivity index (χ3n) is 4.25. The number of likely N-dealkylation sites (tertiary alicyclic amines) is 1. The van der Waals surface area contributed by atoms with Crippen molar-refractivity contribution in [3.05, 3.63) is 71.8 Å². The van der Waals surface area contributed by atoms with Crippen LogP contribution in [0.5, 0.6) is 0 Å². The quantitative estimate of drug-likeness (QED) is 0.899. The molecular formula is C18H17NO4. The third-order valence-corrected chi connectivity index (χ3v) is 4.25. The first kappa shape index (κ1) is 15.2. The molecule has 2 aromatic rings. The molecule has 0 bridgehead atoms. The van der Waals surface area contributed by atoms with E-state index in [1.807, 2.05) is 30.3 Å². The molecule has 2 aromatic carbocycles. The molecule has 1 fully saturated rings. The summed E-state index contributed by atoms with van der Waals surface area (Å²) in [4.78, 5) is 25.8. The minimum Gasteiger partial charge on any atom is -0.481 e. The lowest BCUT2D eigenvalue weighted by Crippen LogP contribution is -2.43. The highest BCUT2D eigenvalue weighted by Crippen LogP contribution is 2.39. The molecule has 2 N–H and O–H groups in total. The van der Waals surface area contributed by atoms with Gasteiger partial charge in [-0.05, 0) is 11.1 Å². The number of hydrogen-bond donors (Lipinski definition) is 2. The molecule has 0 saturated carbocycles. The Hall–Kier alpha value is -2.66. The highest BCUT2D eigenvalue weighted by Gasteiger charge is 2.57. The van der Waals surface area contributed by atoms with Gasteiger partial charge in [0.1, 0.15) is 5.92 Å². The van der Waals surface area contributed by atoms with Crippen LogP contribution in [0.15, 0.2) is 60.7 Å². The molecule has 0 unspecified atom stereocenters. The predicted molar refractivity (Wildman–Crippen MR) is 83.3 cm³/mol. The summed E-state index contributed by atoms with van der Waals surface area (Å²) in [5.74, 6) is -2.94. The minimum absolute atomic E-state index is 0.0194. The maximum Gasteiger partial charge on any atom is 0.312 e. The molecule has 0 spiro atoms. The van der Waals surface area contributed by atoms with Crippen molar-refractivity contribution in [3.63, 3.8) is 0 Å². The van der Waals surface area contributed by atoms with Crippen molar-refractivity contribution >= 4 is 11.9 Å². The summed E-state index contributed by atoms with van der Waals surface area (Å²) >= 11 is 0. The first-order valence-corrected chi connectivity index (χ1v) is 7.37. The lowest BCUT2D eigenvalue weighted by atomic mass is 9.83. The van der Waals surface area contributed by atoms with E-state index in [-0.39, 0.29) is 13.1 Å². The fraction of sp³-hybridized carbons (Fsp3) is 0.222. The van der Waals surface area contributed by atoms with Gasteiger partial charge in [0.25, 0.3) is 5.91 Å². The molecule has 0 radical (unpaired) electrons. The number of carbonyl (C=O) groups is 2. The molecule has 1 aliphatic rings. The summed E-state index contributed by atoms with van der Waals surface area (Å²) < 4.78 is 0. The fourth-order valence-corrected chi connectivity index (χ4v) is 3.04. The van der Waals surface area contributed by atoms with Gasteiger partial charge < -0.3 is 15.1 Å². The van der Waals surface area contributed by atoms with Gasteiger partial charge in [0, 0.05) is 13.1 Å². The molecule has 23 heavy (non-hydrogen) atoms. The Morgan fingerprint density at radius 2 is 1.65 bits per heavy atom. The van der Waals surface area contributed by atoms with E-state index >= 15 is 0 Å². The summed E-state index contributed by atoms with van der Waals surface area (Å²) in [6.45, 7) is 0.257. The maximum atomic E-state index is 12.8. The maximum absolute atomic E-state index is 12.8. The van der Waals surface area contributed by atoms with E-state index in [0.717, 1.165) is 5.56 Å². The molecular weight excluding hydrogens is 294 g/mol. The summed E-state index contributed by atoms with van der Waals surface area (Å²) in [6.07, 6.45) is 0. The summed E-state index contributed by atoms with van der Waals surface area (Å²) in [7, 11) is 0. The van der Waals surface area contributed by atoms with Gasteiger partial charge in [-0.15, -0.1) is 0 Å². The van der Waals surface area contributed by atoms with Gasteiger partial charge >= 0.3 is 5.97 Å². The molecule has 5 nitrogen and oxygen atoms in total. The monoisotopic (exact) mass is 311 g/mol. The summed E-state index contributed by atoms with van der Waals surface area (Å²) in [6, 6.07) is 17.6. The van der Waals surface area contributed by atoms with Crippen LogP contribution >= 0.6 is 0 Å². The van der Waals surface area contributed by atoms with Crippen molar-refractivity contribution in [2.45, 2.75) is 12.1 Å². The van der Waals surface area contributed by atoms with E-state index in [2.05, 4.69) is 0 Å². The third kappa shape index (κ3) is 2.59. The molecule has 3 rings (SSSR count). The van der Waals surface area contributed by atoms with Crippen LogP contribution in [0.1, 0.15) is 11.1 Å². The van der Waals surface area contributed by atoms with Crippen LogP contribution in [-0.4, -0.2) is 33.5 Å². The first-order chi connectivity index (χ1) is 11.0. The molecule has 1 aliphatic heterocycles. The average molecular weight is 311 g/mol. The molecule has 0 aromatic heterocycles. The van der Waals surface area contributed by atoms with Gasteiger partial charge in [0.05, 0.1) is 0 Å². The van der Waals surface area contributed by atoms with Crippen molar-refractivity contribution in [1.29, 1.82) is 0 Å². The second-order valence-electron chi connectivity index (χ2n) is 5.69. The number of carbonyl (C=O) groups excluding carboxylic acids is 1. The Morgan fingerprint density at radius 3 is 2.22 bits per heavy atom. The number of carboxylic acid groups (broad SMARTS) is 1. The zero-order chi connectivity index (χ0) is 16.4. The number of aliphatic carboxylic acids is 1. The van der Waals surface area contributed by atoms with Crippen LogP contribution in [0.3, 0.4) is 0 Å². The molecule has 1 amide bonds. The fourth-order valence-electron chi connectivity index (χ4n) is 3.04. The number of benzene rings is 2. The highest BCUT2D eigenvalue weighted by molar-refractivity contribution is 5.95. The molecule has 1 heterocycles. The molecule has 0 aliphatic carbocycles. The molecule has 118 valence electrons. The SMILES string of the molecule is O=C(O)[C@H]1CN(Cc2ccccc2)C(=O)[C@]1(O)c1ccccc1. The minimum atomic E-state index is -2.03. The van der Waals surface area contributed by atoms with Crippen LogP contribution in [0, 0.1) is 5.92 Å². The van der Waals surface area contributed by atoms with Crippen molar-refractivity contribution in [2.75, 3.05) is 6.54 Å². The number of hydrogen-bond acceptors (Lipinski definition) is 3. The lowest BCUT2D eigenvalue weighted by Gasteiger charge is -2.25. The zero-order valence-electron chi connectivity index (χ0n) is 12.4. The average Bonchev–Trinajstić information content (AvgIpc) is 2.83. The van der Waals surface area contributed by atoms with Gasteiger partial charge in [-0.25, -0.2) is 0 Å².